The number of carbonyl (C=O) groups is 2. The molecule has 1 aromatic rings. The number of ether oxygens (including phenoxy) is 1. The second-order valence-corrected chi connectivity index (χ2v) is 4.48. The van der Waals surface area contributed by atoms with Crippen LogP contribution in [0.1, 0.15) is 18.1 Å². The number of nitrogens with one attached hydrogen (secondary N) is 2. The molecule has 0 radical (unpaired) electrons. The van der Waals surface area contributed by atoms with Crippen LogP contribution in [0, 0.1) is 0 Å². The normalized spacial score (nSPS) is 11.9. The average Bonchev–Trinajstić information content (AvgIpc) is 2.38. The van der Waals surface area contributed by atoms with Crippen molar-refractivity contribution in [2.24, 2.45) is 0 Å². The first-order chi connectivity index (χ1) is 9.52. The first-order valence-electron chi connectivity index (χ1n) is 6.30. The maximum absolute atomic E-state index is 10.9. The molecule has 0 saturated carbocycles. The lowest BCUT2D eigenvalue weighted by molar-refractivity contribution is -0.141. The summed E-state index contributed by atoms with van der Waals surface area (Å²) in [5.41, 5.74) is 2.09. The molecule has 0 aliphatic rings. The molecule has 1 aromatic carbocycles. The topological polar surface area (TPSA) is 87.7 Å². The zero-order valence-electron chi connectivity index (χ0n) is 11.7. The zero-order valence-corrected chi connectivity index (χ0v) is 11.7. The van der Waals surface area contributed by atoms with Crippen LogP contribution in [0.25, 0.3) is 0 Å². The Kier molecular flexibility index (Phi) is 6.69. The lowest BCUT2D eigenvalue weighted by Crippen LogP contribution is -2.46. The Bertz CT molecular complexity index is 462. The van der Waals surface area contributed by atoms with Crippen molar-refractivity contribution in [1.29, 1.82) is 0 Å². The molecule has 6 nitrogen and oxygen atoms in total. The maximum atomic E-state index is 10.9. The van der Waals surface area contributed by atoms with Gasteiger partial charge in [0.25, 0.3) is 0 Å². The van der Waals surface area contributed by atoms with Crippen LogP contribution in [-0.4, -0.2) is 36.7 Å². The van der Waals surface area contributed by atoms with E-state index in [1.165, 1.54) is 6.92 Å². The SMILES string of the molecule is COCc1cccc(CNCC(NC(C)=O)C(=O)O)c1. The van der Waals surface area contributed by atoms with Gasteiger partial charge < -0.3 is 20.5 Å². The smallest absolute Gasteiger partial charge is 0.327 e. The van der Waals surface area contributed by atoms with Gasteiger partial charge in [0.2, 0.25) is 5.91 Å². The highest BCUT2D eigenvalue weighted by Gasteiger charge is 2.17. The minimum Gasteiger partial charge on any atom is -0.480 e. The Labute approximate surface area is 118 Å². The molecule has 0 spiro atoms. The molecule has 0 aliphatic heterocycles. The highest BCUT2D eigenvalue weighted by atomic mass is 16.5. The van der Waals surface area contributed by atoms with Crippen molar-refractivity contribution in [3.63, 3.8) is 0 Å². The molecule has 1 amide bonds. The van der Waals surface area contributed by atoms with Gasteiger partial charge in [-0.25, -0.2) is 4.79 Å². The third kappa shape index (κ3) is 5.81. The predicted molar refractivity (Wildman–Crippen MR) is 74.1 cm³/mol. The van der Waals surface area contributed by atoms with Crippen LogP contribution >= 0.6 is 0 Å². The summed E-state index contributed by atoms with van der Waals surface area (Å²) in [6, 6.07) is 6.90. The van der Waals surface area contributed by atoms with E-state index >= 15 is 0 Å². The highest BCUT2D eigenvalue weighted by Crippen LogP contribution is 2.06. The van der Waals surface area contributed by atoms with Crippen LogP contribution < -0.4 is 10.6 Å². The van der Waals surface area contributed by atoms with Crippen LogP contribution in [0.3, 0.4) is 0 Å². The Morgan fingerprint density at radius 1 is 1.35 bits per heavy atom. The molecule has 6 heteroatoms. The number of carboxylic acids is 1. The maximum Gasteiger partial charge on any atom is 0.327 e. The molecule has 0 saturated heterocycles. The standard InChI is InChI=1S/C14H20N2O4/c1-10(17)16-13(14(18)19)8-15-7-11-4-3-5-12(6-11)9-20-2/h3-6,13,15H,7-9H2,1-2H3,(H,16,17)(H,18,19). The van der Waals surface area contributed by atoms with Crippen LogP contribution in [-0.2, 0) is 27.5 Å². The number of aliphatic carboxylic acids is 1. The third-order valence-corrected chi connectivity index (χ3v) is 2.66. The van der Waals surface area contributed by atoms with Crippen LogP contribution in [0.2, 0.25) is 0 Å². The largest absolute Gasteiger partial charge is 0.480 e. The summed E-state index contributed by atoms with van der Waals surface area (Å²) >= 11 is 0. The molecule has 0 fully saturated rings. The number of hydrogen-bond donors (Lipinski definition) is 3. The van der Waals surface area contributed by atoms with E-state index < -0.39 is 12.0 Å². The van der Waals surface area contributed by atoms with Crippen molar-refractivity contribution >= 4 is 11.9 Å². The van der Waals surface area contributed by atoms with E-state index in [1.54, 1.807) is 7.11 Å². The molecule has 0 heterocycles. The number of methoxy groups -OCH3 is 1. The number of carbonyl (C=O) groups excluding carboxylic acids is 1. The van der Waals surface area contributed by atoms with Crippen molar-refractivity contribution in [1.82, 2.24) is 10.6 Å². The van der Waals surface area contributed by atoms with E-state index in [9.17, 15) is 9.59 Å². The summed E-state index contributed by atoms with van der Waals surface area (Å²) in [7, 11) is 1.63. The summed E-state index contributed by atoms with van der Waals surface area (Å²) in [6.07, 6.45) is 0. The minimum absolute atomic E-state index is 0.170. The Balaban J connectivity index is 2.47. The van der Waals surface area contributed by atoms with Gasteiger partial charge in [0.05, 0.1) is 6.61 Å². The van der Waals surface area contributed by atoms with Crippen LogP contribution in [0.4, 0.5) is 0 Å². The second kappa shape index (κ2) is 8.29. The molecule has 1 unspecified atom stereocenters. The lowest BCUT2D eigenvalue weighted by Gasteiger charge is -2.14. The van der Waals surface area contributed by atoms with Gasteiger partial charge in [-0.1, -0.05) is 24.3 Å². The molecule has 1 rings (SSSR count). The lowest BCUT2D eigenvalue weighted by atomic mass is 10.1. The van der Waals surface area contributed by atoms with Gasteiger partial charge in [0.15, 0.2) is 0 Å². The van der Waals surface area contributed by atoms with Gasteiger partial charge in [-0.3, -0.25) is 4.79 Å². The van der Waals surface area contributed by atoms with Gasteiger partial charge in [-0.2, -0.15) is 0 Å². The van der Waals surface area contributed by atoms with Crippen molar-refractivity contribution in [2.45, 2.75) is 26.1 Å². The Morgan fingerprint density at radius 2 is 2.05 bits per heavy atom. The number of carboxylic acid groups (broad SMARTS) is 1. The molecule has 0 aromatic heterocycles. The molecule has 110 valence electrons. The molecule has 20 heavy (non-hydrogen) atoms. The first kappa shape index (κ1) is 16.1. The first-order valence-corrected chi connectivity index (χ1v) is 6.30. The fraction of sp³-hybridized carbons (Fsp3) is 0.429. The third-order valence-electron chi connectivity index (χ3n) is 2.66. The van der Waals surface area contributed by atoms with E-state index in [0.29, 0.717) is 13.2 Å². The fourth-order valence-electron chi connectivity index (χ4n) is 1.80. The number of amides is 1. The van der Waals surface area contributed by atoms with Gasteiger partial charge in [0, 0.05) is 27.1 Å². The van der Waals surface area contributed by atoms with E-state index in [4.69, 9.17) is 9.84 Å². The summed E-state index contributed by atoms with van der Waals surface area (Å²) < 4.78 is 5.06. The molecule has 3 N–H and O–H groups in total. The van der Waals surface area contributed by atoms with Gasteiger partial charge in [0.1, 0.15) is 6.04 Å². The summed E-state index contributed by atoms with van der Waals surface area (Å²) in [5, 5.41) is 14.4. The van der Waals surface area contributed by atoms with Gasteiger partial charge >= 0.3 is 5.97 Å². The molecular weight excluding hydrogens is 260 g/mol. The average molecular weight is 280 g/mol. The summed E-state index contributed by atoms with van der Waals surface area (Å²) in [4.78, 5) is 21.8. The Hall–Kier alpha value is -1.92. The van der Waals surface area contributed by atoms with E-state index in [1.807, 2.05) is 24.3 Å². The van der Waals surface area contributed by atoms with Crippen LogP contribution in [0.5, 0.6) is 0 Å². The van der Waals surface area contributed by atoms with Crippen molar-refractivity contribution < 1.29 is 19.4 Å². The minimum atomic E-state index is -1.05. The molecular formula is C14H20N2O4. The summed E-state index contributed by atoms with van der Waals surface area (Å²) in [5.74, 6) is -1.41. The van der Waals surface area contributed by atoms with E-state index in [0.717, 1.165) is 11.1 Å². The number of benzene rings is 1. The van der Waals surface area contributed by atoms with Gasteiger partial charge in [-0.15, -0.1) is 0 Å². The molecule has 0 aliphatic carbocycles. The fourth-order valence-corrected chi connectivity index (χ4v) is 1.80. The number of rotatable bonds is 8. The summed E-state index contributed by atoms with van der Waals surface area (Å²) in [6.45, 7) is 2.53. The highest BCUT2D eigenvalue weighted by molar-refractivity contribution is 5.82. The van der Waals surface area contributed by atoms with Crippen molar-refractivity contribution in [3.05, 3.63) is 35.4 Å². The van der Waals surface area contributed by atoms with Crippen molar-refractivity contribution in [3.8, 4) is 0 Å². The zero-order chi connectivity index (χ0) is 15.0. The Morgan fingerprint density at radius 3 is 2.65 bits per heavy atom. The van der Waals surface area contributed by atoms with E-state index in [2.05, 4.69) is 10.6 Å². The number of hydrogen-bond acceptors (Lipinski definition) is 4. The van der Waals surface area contributed by atoms with E-state index in [-0.39, 0.29) is 12.5 Å². The molecule has 0 bridgehead atoms. The van der Waals surface area contributed by atoms with Crippen molar-refractivity contribution in [2.75, 3.05) is 13.7 Å². The molecule has 1 atom stereocenters. The van der Waals surface area contributed by atoms with Crippen LogP contribution in [0.15, 0.2) is 24.3 Å². The second-order valence-electron chi connectivity index (χ2n) is 4.48. The monoisotopic (exact) mass is 280 g/mol. The van der Waals surface area contributed by atoms with Gasteiger partial charge in [-0.05, 0) is 11.1 Å². The quantitative estimate of drug-likeness (QED) is 0.646. The predicted octanol–water partition coefficient (Wildman–Crippen LogP) is 0.512.